The fourth-order valence-corrected chi connectivity index (χ4v) is 1.60. The first-order valence-electron chi connectivity index (χ1n) is 5.72. The normalized spacial score (nSPS) is 11.2. The van der Waals surface area contributed by atoms with Gasteiger partial charge in [-0.2, -0.15) is 0 Å². The van der Waals surface area contributed by atoms with Crippen LogP contribution >= 0.6 is 0 Å². The van der Waals surface area contributed by atoms with Crippen LogP contribution in [0.2, 0.25) is 0 Å². The van der Waals surface area contributed by atoms with E-state index in [-0.39, 0.29) is 5.75 Å². The van der Waals surface area contributed by atoms with Crippen molar-refractivity contribution < 1.29 is 9.84 Å². The van der Waals surface area contributed by atoms with Crippen LogP contribution in [0.3, 0.4) is 0 Å². The second-order valence-electron chi connectivity index (χ2n) is 4.51. The van der Waals surface area contributed by atoms with Crippen LogP contribution in [0, 0.1) is 0 Å². The minimum Gasteiger partial charge on any atom is -0.504 e. The first-order chi connectivity index (χ1) is 8.04. The highest BCUT2D eigenvalue weighted by Crippen LogP contribution is 2.29. The monoisotopic (exact) mass is 238 g/mol. The van der Waals surface area contributed by atoms with Gasteiger partial charge in [-0.3, -0.25) is 0 Å². The van der Waals surface area contributed by atoms with Gasteiger partial charge in [0.05, 0.1) is 7.11 Å². The van der Waals surface area contributed by atoms with Gasteiger partial charge in [-0.1, -0.05) is 12.1 Å². The van der Waals surface area contributed by atoms with Crippen molar-refractivity contribution in [2.24, 2.45) is 0 Å². The Labute approximate surface area is 103 Å². The van der Waals surface area contributed by atoms with Gasteiger partial charge < -0.3 is 19.6 Å². The summed E-state index contributed by atoms with van der Waals surface area (Å²) < 4.78 is 5.09. The van der Waals surface area contributed by atoms with Crippen molar-refractivity contribution in [1.29, 1.82) is 0 Å². The second kappa shape index (κ2) is 6.47. The Hall–Kier alpha value is -1.26. The van der Waals surface area contributed by atoms with Crippen LogP contribution in [0.1, 0.15) is 5.56 Å². The lowest BCUT2D eigenvalue weighted by molar-refractivity contribution is 0.272. The maximum absolute atomic E-state index is 9.95. The molecule has 0 aromatic heterocycles. The van der Waals surface area contributed by atoms with E-state index in [4.69, 9.17) is 4.74 Å². The minimum absolute atomic E-state index is 0.242. The fraction of sp³-hybridized carbons (Fsp3) is 0.538. The summed E-state index contributed by atoms with van der Waals surface area (Å²) >= 11 is 0. The lowest BCUT2D eigenvalue weighted by Crippen LogP contribution is -2.28. The molecule has 1 rings (SSSR count). The molecule has 0 aliphatic heterocycles. The van der Waals surface area contributed by atoms with E-state index in [0.29, 0.717) is 5.75 Å². The molecule has 17 heavy (non-hydrogen) atoms. The minimum atomic E-state index is 0.242. The zero-order chi connectivity index (χ0) is 12.8. The summed E-state index contributed by atoms with van der Waals surface area (Å²) in [6.45, 7) is 2.68. The van der Waals surface area contributed by atoms with E-state index in [9.17, 15) is 5.11 Å². The SMILES string of the molecule is COc1cccc(CN(C)CCN(C)C)c1O. The summed E-state index contributed by atoms with van der Waals surface area (Å²) in [4.78, 5) is 4.32. The number of nitrogens with zero attached hydrogens (tertiary/aromatic N) is 2. The third-order valence-electron chi connectivity index (χ3n) is 2.67. The number of hydrogen-bond donors (Lipinski definition) is 1. The highest BCUT2D eigenvalue weighted by atomic mass is 16.5. The third-order valence-corrected chi connectivity index (χ3v) is 2.67. The van der Waals surface area contributed by atoms with Gasteiger partial charge in [0.1, 0.15) is 0 Å². The Balaban J connectivity index is 2.62. The average Bonchev–Trinajstić information content (AvgIpc) is 2.29. The van der Waals surface area contributed by atoms with E-state index >= 15 is 0 Å². The summed E-state index contributed by atoms with van der Waals surface area (Å²) in [5.41, 5.74) is 0.894. The Bertz CT molecular complexity index is 353. The number of benzene rings is 1. The summed E-state index contributed by atoms with van der Waals surface area (Å²) in [7, 11) is 7.71. The molecular formula is C13H22N2O2. The standard InChI is InChI=1S/C13H22N2O2/c1-14(2)8-9-15(3)10-11-6-5-7-12(17-4)13(11)16/h5-7,16H,8-10H2,1-4H3. The van der Waals surface area contributed by atoms with Crippen molar-refractivity contribution in [3.05, 3.63) is 23.8 Å². The van der Waals surface area contributed by atoms with Gasteiger partial charge >= 0.3 is 0 Å². The van der Waals surface area contributed by atoms with E-state index in [0.717, 1.165) is 25.2 Å². The van der Waals surface area contributed by atoms with Crippen LogP contribution in [-0.4, -0.2) is 56.2 Å². The maximum Gasteiger partial charge on any atom is 0.162 e. The number of aromatic hydroxyl groups is 1. The van der Waals surface area contributed by atoms with Gasteiger partial charge in [0.15, 0.2) is 11.5 Å². The molecule has 1 aromatic carbocycles. The Morgan fingerprint density at radius 2 is 1.88 bits per heavy atom. The smallest absolute Gasteiger partial charge is 0.162 e. The van der Waals surface area contributed by atoms with Gasteiger partial charge in [0, 0.05) is 25.2 Å². The quantitative estimate of drug-likeness (QED) is 0.812. The van der Waals surface area contributed by atoms with Gasteiger partial charge in [0.25, 0.3) is 0 Å². The zero-order valence-electron chi connectivity index (χ0n) is 11.1. The Morgan fingerprint density at radius 1 is 1.18 bits per heavy atom. The molecule has 0 saturated heterocycles. The highest BCUT2D eigenvalue weighted by molar-refractivity contribution is 5.45. The van der Waals surface area contributed by atoms with Crippen LogP contribution in [0.15, 0.2) is 18.2 Å². The van der Waals surface area contributed by atoms with Crippen molar-refractivity contribution in [2.75, 3.05) is 41.3 Å². The van der Waals surface area contributed by atoms with E-state index < -0.39 is 0 Å². The lowest BCUT2D eigenvalue weighted by atomic mass is 10.1. The average molecular weight is 238 g/mol. The molecule has 96 valence electrons. The van der Waals surface area contributed by atoms with Crippen molar-refractivity contribution in [3.63, 3.8) is 0 Å². The molecule has 0 radical (unpaired) electrons. The number of likely N-dealkylation sites (N-methyl/N-ethyl adjacent to an activating group) is 2. The molecule has 1 aromatic rings. The molecule has 1 N–H and O–H groups in total. The molecule has 0 atom stereocenters. The Morgan fingerprint density at radius 3 is 2.47 bits per heavy atom. The van der Waals surface area contributed by atoms with E-state index in [1.54, 1.807) is 13.2 Å². The molecule has 0 bridgehead atoms. The van der Waals surface area contributed by atoms with Crippen LogP contribution in [0.25, 0.3) is 0 Å². The predicted molar refractivity (Wildman–Crippen MR) is 69.5 cm³/mol. The number of ether oxygens (including phenoxy) is 1. The van der Waals surface area contributed by atoms with Gasteiger partial charge in [-0.05, 0) is 27.2 Å². The number of para-hydroxylation sites is 1. The van der Waals surface area contributed by atoms with Gasteiger partial charge in [-0.15, -0.1) is 0 Å². The number of phenolic OH excluding ortho intramolecular Hbond substituents is 1. The number of rotatable bonds is 6. The molecule has 0 heterocycles. The van der Waals surface area contributed by atoms with Crippen molar-refractivity contribution in [3.8, 4) is 11.5 Å². The summed E-state index contributed by atoms with van der Waals surface area (Å²) in [5.74, 6) is 0.773. The van der Waals surface area contributed by atoms with Crippen molar-refractivity contribution >= 4 is 0 Å². The van der Waals surface area contributed by atoms with E-state index in [1.807, 2.05) is 19.2 Å². The van der Waals surface area contributed by atoms with E-state index in [1.165, 1.54) is 0 Å². The number of phenols is 1. The van der Waals surface area contributed by atoms with Gasteiger partial charge in [-0.25, -0.2) is 0 Å². The summed E-state index contributed by atoms with van der Waals surface area (Å²) in [6.07, 6.45) is 0. The van der Waals surface area contributed by atoms with Crippen LogP contribution in [-0.2, 0) is 6.54 Å². The molecule has 0 aliphatic carbocycles. The predicted octanol–water partition coefficient (Wildman–Crippen LogP) is 1.39. The molecule has 0 fully saturated rings. The van der Waals surface area contributed by atoms with E-state index in [2.05, 4.69) is 23.9 Å². The van der Waals surface area contributed by atoms with Crippen LogP contribution in [0.4, 0.5) is 0 Å². The molecule has 0 amide bonds. The molecular weight excluding hydrogens is 216 g/mol. The van der Waals surface area contributed by atoms with Crippen molar-refractivity contribution in [1.82, 2.24) is 9.80 Å². The molecule has 0 unspecified atom stereocenters. The molecule has 4 heteroatoms. The van der Waals surface area contributed by atoms with Gasteiger partial charge in [0.2, 0.25) is 0 Å². The molecule has 0 saturated carbocycles. The summed E-state index contributed by atoms with van der Waals surface area (Å²) in [6, 6.07) is 5.58. The number of methoxy groups -OCH3 is 1. The fourth-order valence-electron chi connectivity index (χ4n) is 1.60. The second-order valence-corrected chi connectivity index (χ2v) is 4.51. The number of hydrogen-bond acceptors (Lipinski definition) is 4. The first-order valence-corrected chi connectivity index (χ1v) is 5.72. The molecule has 4 nitrogen and oxygen atoms in total. The lowest BCUT2D eigenvalue weighted by Gasteiger charge is -2.20. The zero-order valence-corrected chi connectivity index (χ0v) is 11.1. The van der Waals surface area contributed by atoms with Crippen LogP contribution in [0.5, 0.6) is 11.5 Å². The topological polar surface area (TPSA) is 35.9 Å². The first kappa shape index (κ1) is 13.8. The third kappa shape index (κ3) is 4.24. The largest absolute Gasteiger partial charge is 0.504 e. The maximum atomic E-state index is 9.95. The summed E-state index contributed by atoms with van der Waals surface area (Å²) in [5, 5.41) is 9.95. The van der Waals surface area contributed by atoms with Crippen LogP contribution < -0.4 is 4.74 Å². The Kier molecular flexibility index (Phi) is 5.25. The highest BCUT2D eigenvalue weighted by Gasteiger charge is 2.09. The molecule has 0 spiro atoms. The molecule has 0 aliphatic rings. The van der Waals surface area contributed by atoms with Crippen molar-refractivity contribution in [2.45, 2.75) is 6.54 Å².